The zero-order chi connectivity index (χ0) is 42.4. The minimum absolute atomic E-state index is 0.705. The Labute approximate surface area is 372 Å². The smallest absolute Gasteiger partial charge is 0.160 e. The third-order valence-electron chi connectivity index (χ3n) is 12.7. The minimum Gasteiger partial charge on any atom is -0.228 e. The molecule has 64 heavy (non-hydrogen) atoms. The lowest BCUT2D eigenvalue weighted by atomic mass is 9.88. The van der Waals surface area contributed by atoms with Gasteiger partial charge >= 0.3 is 0 Å². The molecule has 298 valence electrons. The fraction of sp³-hybridized carbons (Fsp3) is 0. The van der Waals surface area contributed by atoms with Crippen LogP contribution < -0.4 is 0 Å². The van der Waals surface area contributed by atoms with E-state index in [1.54, 1.807) is 0 Å². The Balaban J connectivity index is 0.901. The summed E-state index contributed by atoms with van der Waals surface area (Å²) < 4.78 is 0. The van der Waals surface area contributed by atoms with Gasteiger partial charge in [-0.05, 0) is 106 Å². The molecule has 0 saturated heterocycles. The van der Waals surface area contributed by atoms with E-state index in [4.69, 9.17) is 9.97 Å². The van der Waals surface area contributed by atoms with Gasteiger partial charge < -0.3 is 0 Å². The van der Waals surface area contributed by atoms with Gasteiger partial charge in [0.05, 0.1) is 11.4 Å². The second-order valence-electron chi connectivity index (χ2n) is 16.5. The molecule has 0 spiro atoms. The number of hydrogen-bond acceptors (Lipinski definition) is 2. The van der Waals surface area contributed by atoms with Crippen molar-refractivity contribution in [2.75, 3.05) is 0 Å². The van der Waals surface area contributed by atoms with Crippen molar-refractivity contribution in [3.05, 3.63) is 243 Å². The molecule has 0 aliphatic carbocycles. The van der Waals surface area contributed by atoms with E-state index in [0.717, 1.165) is 39.2 Å². The summed E-state index contributed by atoms with van der Waals surface area (Å²) in [6.45, 7) is 0. The van der Waals surface area contributed by atoms with Gasteiger partial charge in [0.2, 0.25) is 0 Å². The molecule has 12 rings (SSSR count). The third-order valence-corrected chi connectivity index (χ3v) is 12.7. The van der Waals surface area contributed by atoms with Crippen LogP contribution in [0.5, 0.6) is 0 Å². The van der Waals surface area contributed by atoms with E-state index in [1.807, 2.05) is 24.3 Å². The Morgan fingerprint density at radius 3 is 1.39 bits per heavy atom. The van der Waals surface area contributed by atoms with Crippen molar-refractivity contribution in [3.63, 3.8) is 0 Å². The molecule has 0 atom stereocenters. The van der Waals surface area contributed by atoms with E-state index in [9.17, 15) is 0 Å². The average Bonchev–Trinajstić information content (AvgIpc) is 3.38. The molecular weight excluding hydrogens is 773 g/mol. The first-order valence-corrected chi connectivity index (χ1v) is 21.9. The summed E-state index contributed by atoms with van der Waals surface area (Å²) in [6.07, 6.45) is 0. The van der Waals surface area contributed by atoms with Crippen LogP contribution in [0.2, 0.25) is 0 Å². The zero-order valence-corrected chi connectivity index (χ0v) is 35.0. The molecule has 0 bridgehead atoms. The Morgan fingerprint density at radius 2 is 0.719 bits per heavy atom. The van der Waals surface area contributed by atoms with Crippen molar-refractivity contribution in [1.29, 1.82) is 0 Å². The SMILES string of the molecule is c1ccc(-c2cccc(-c3cc(-c4ccc(-c5ccc(-c6ccc(-c7c8ccccc8cc8c7ccc7ccccc78)cc6)c6ccccc56)cc4)nc(-c4ccccc4)n3)c2)cc1. The molecule has 0 aliphatic rings. The summed E-state index contributed by atoms with van der Waals surface area (Å²) in [4.78, 5) is 10.2. The number of aromatic nitrogens is 2. The van der Waals surface area contributed by atoms with Crippen LogP contribution in [-0.2, 0) is 0 Å². The fourth-order valence-electron chi connectivity index (χ4n) is 9.52. The molecule has 12 aromatic rings. The second kappa shape index (κ2) is 15.8. The lowest BCUT2D eigenvalue weighted by molar-refractivity contribution is 1.18. The standard InChI is InChI=1S/C62H40N2/c1-3-14-41(15-4-1)48-20-13-21-50(38-48)60-40-59(63-62(64-60)47-17-5-2-6-18-47)45-30-26-43(27-31-45)52-36-37-53(56-25-12-11-24-55(52)56)44-28-32-46(33-29-44)61-54-23-10-8-19-49(54)39-58-51-22-9-7-16-42(51)34-35-57(58)61/h1-40H. The van der Waals surface area contributed by atoms with Crippen molar-refractivity contribution < 1.29 is 0 Å². The lowest BCUT2D eigenvalue weighted by Gasteiger charge is -2.15. The lowest BCUT2D eigenvalue weighted by Crippen LogP contribution is -1.96. The molecule has 1 heterocycles. The molecule has 0 amide bonds. The van der Waals surface area contributed by atoms with Gasteiger partial charge in [-0.1, -0.05) is 224 Å². The zero-order valence-electron chi connectivity index (χ0n) is 35.0. The molecule has 2 nitrogen and oxygen atoms in total. The van der Waals surface area contributed by atoms with Crippen molar-refractivity contribution in [3.8, 4) is 78.4 Å². The number of hydrogen-bond donors (Lipinski definition) is 0. The van der Waals surface area contributed by atoms with Gasteiger partial charge in [-0.15, -0.1) is 0 Å². The summed E-state index contributed by atoms with van der Waals surface area (Å²) in [5.41, 5.74) is 14.4. The maximum atomic E-state index is 5.13. The Hall–Kier alpha value is -8.46. The Bertz CT molecular complexity index is 3690. The van der Waals surface area contributed by atoms with Crippen LogP contribution >= 0.6 is 0 Å². The van der Waals surface area contributed by atoms with Crippen molar-refractivity contribution in [2.24, 2.45) is 0 Å². The monoisotopic (exact) mass is 812 g/mol. The largest absolute Gasteiger partial charge is 0.228 e. The first-order valence-electron chi connectivity index (χ1n) is 21.9. The van der Waals surface area contributed by atoms with E-state index < -0.39 is 0 Å². The summed E-state index contributed by atoms with van der Waals surface area (Å²) in [5, 5.41) is 10.1. The Kier molecular flexibility index (Phi) is 9.20. The molecule has 0 saturated carbocycles. The molecule has 0 aliphatic heterocycles. The van der Waals surface area contributed by atoms with Crippen LogP contribution in [0, 0.1) is 0 Å². The van der Waals surface area contributed by atoms with Gasteiger partial charge in [0, 0.05) is 16.7 Å². The highest BCUT2D eigenvalue weighted by molar-refractivity contribution is 6.20. The molecule has 2 heteroatoms. The molecule has 0 fully saturated rings. The van der Waals surface area contributed by atoms with Crippen LogP contribution in [0.4, 0.5) is 0 Å². The predicted molar refractivity (Wildman–Crippen MR) is 270 cm³/mol. The van der Waals surface area contributed by atoms with E-state index in [0.29, 0.717) is 5.82 Å². The summed E-state index contributed by atoms with van der Waals surface area (Å²) in [6, 6.07) is 87.2. The van der Waals surface area contributed by atoms with E-state index in [1.165, 1.54) is 76.5 Å². The van der Waals surface area contributed by atoms with Gasteiger partial charge in [0.15, 0.2) is 5.82 Å². The quantitative estimate of drug-likeness (QED) is 0.118. The van der Waals surface area contributed by atoms with Crippen LogP contribution in [-0.4, -0.2) is 9.97 Å². The number of rotatable bonds is 7. The first-order chi connectivity index (χ1) is 31.7. The van der Waals surface area contributed by atoms with Crippen molar-refractivity contribution >= 4 is 43.1 Å². The number of nitrogens with zero attached hydrogens (tertiary/aromatic N) is 2. The molecule has 0 unspecified atom stereocenters. The first kappa shape index (κ1) is 37.3. The van der Waals surface area contributed by atoms with Crippen molar-refractivity contribution in [2.45, 2.75) is 0 Å². The predicted octanol–water partition coefficient (Wildman–Crippen LogP) is 16.8. The van der Waals surface area contributed by atoms with Gasteiger partial charge in [0.1, 0.15) is 0 Å². The normalized spacial score (nSPS) is 11.4. The van der Waals surface area contributed by atoms with E-state index in [-0.39, 0.29) is 0 Å². The topological polar surface area (TPSA) is 25.8 Å². The summed E-state index contributed by atoms with van der Waals surface area (Å²) in [5.74, 6) is 0.705. The van der Waals surface area contributed by atoms with Crippen LogP contribution in [0.3, 0.4) is 0 Å². The van der Waals surface area contributed by atoms with Gasteiger partial charge in [-0.3, -0.25) is 0 Å². The summed E-state index contributed by atoms with van der Waals surface area (Å²) >= 11 is 0. The van der Waals surface area contributed by atoms with Crippen LogP contribution in [0.15, 0.2) is 243 Å². The van der Waals surface area contributed by atoms with Crippen LogP contribution in [0.25, 0.3) is 122 Å². The molecule has 0 N–H and O–H groups in total. The number of benzene rings is 11. The van der Waals surface area contributed by atoms with Crippen molar-refractivity contribution in [1.82, 2.24) is 9.97 Å². The second-order valence-corrected chi connectivity index (χ2v) is 16.5. The molecule has 0 radical (unpaired) electrons. The highest BCUT2D eigenvalue weighted by Gasteiger charge is 2.16. The maximum Gasteiger partial charge on any atom is 0.160 e. The van der Waals surface area contributed by atoms with E-state index >= 15 is 0 Å². The molecule has 11 aromatic carbocycles. The Morgan fingerprint density at radius 1 is 0.219 bits per heavy atom. The fourth-order valence-corrected chi connectivity index (χ4v) is 9.52. The molecule has 1 aromatic heterocycles. The molecular formula is C62H40N2. The third kappa shape index (κ3) is 6.70. The van der Waals surface area contributed by atoms with Gasteiger partial charge in [-0.25, -0.2) is 9.97 Å². The minimum atomic E-state index is 0.705. The highest BCUT2D eigenvalue weighted by atomic mass is 14.9. The van der Waals surface area contributed by atoms with Crippen LogP contribution in [0.1, 0.15) is 0 Å². The van der Waals surface area contributed by atoms with Gasteiger partial charge in [-0.2, -0.15) is 0 Å². The number of fused-ring (bicyclic) bond motifs is 5. The van der Waals surface area contributed by atoms with E-state index in [2.05, 4.69) is 218 Å². The summed E-state index contributed by atoms with van der Waals surface area (Å²) in [7, 11) is 0. The average molecular weight is 813 g/mol. The van der Waals surface area contributed by atoms with Gasteiger partial charge in [0.25, 0.3) is 0 Å². The maximum absolute atomic E-state index is 5.13. The highest BCUT2D eigenvalue weighted by Crippen LogP contribution is 2.42.